The van der Waals surface area contributed by atoms with Crippen molar-refractivity contribution in [1.29, 1.82) is 0 Å². The van der Waals surface area contributed by atoms with E-state index >= 15 is 0 Å². The van der Waals surface area contributed by atoms with Crippen LogP contribution in [0.25, 0.3) is 0 Å². The van der Waals surface area contributed by atoms with Crippen molar-refractivity contribution in [2.45, 2.75) is 12.5 Å². The topological polar surface area (TPSA) is 37.3 Å². The molecule has 114 valence electrons. The highest BCUT2D eigenvalue weighted by Crippen LogP contribution is 2.42. The molecule has 2 aromatic carbocycles. The van der Waals surface area contributed by atoms with Crippen LogP contribution in [-0.2, 0) is 5.60 Å². The zero-order chi connectivity index (χ0) is 16.8. The van der Waals surface area contributed by atoms with Gasteiger partial charge in [-0.1, -0.05) is 42.7 Å². The molecule has 0 saturated heterocycles. The number of halogens is 2. The molecule has 1 aliphatic carbocycles. The van der Waals surface area contributed by atoms with Crippen LogP contribution in [0.2, 0.25) is 0 Å². The van der Waals surface area contributed by atoms with Gasteiger partial charge in [-0.3, -0.25) is 4.79 Å². The number of carbonyl (C=O) groups is 1. The Labute approximate surface area is 162 Å². The van der Waals surface area contributed by atoms with Gasteiger partial charge in [-0.15, -0.1) is 0 Å². The molecule has 0 bridgehead atoms. The lowest BCUT2D eigenvalue weighted by Gasteiger charge is -2.32. The molecule has 0 amide bonds. The van der Waals surface area contributed by atoms with Gasteiger partial charge in [-0.05, 0) is 69.8 Å². The van der Waals surface area contributed by atoms with E-state index in [0.29, 0.717) is 27.8 Å². The predicted octanol–water partition coefficient (Wildman–Crippen LogP) is 4.26. The van der Waals surface area contributed by atoms with E-state index in [2.05, 4.69) is 63.6 Å². The normalized spacial score (nSPS) is 14.3. The average molecular weight is 526 g/mol. The highest BCUT2D eigenvalue weighted by atomic mass is 127. The highest BCUT2D eigenvalue weighted by Gasteiger charge is 2.42. The van der Waals surface area contributed by atoms with E-state index in [9.17, 15) is 9.90 Å². The molecule has 3 rings (SSSR count). The third-order valence-electron chi connectivity index (χ3n) is 3.72. The molecule has 2 aromatic rings. The number of hydrogen-bond donors (Lipinski definition) is 1. The van der Waals surface area contributed by atoms with E-state index in [4.69, 9.17) is 0 Å². The number of hydrogen-bond acceptors (Lipinski definition) is 2. The zero-order valence-electron chi connectivity index (χ0n) is 12.3. The molecular formula is C19H12I2O2. The fourth-order valence-corrected chi connectivity index (χ4v) is 4.20. The standard InChI is InChI=1S/C19H12I2O2/c1-11(2)9-10-19(23)12-5-3-7-14(20)16(12)18(22)17-13(19)6-4-8-15(17)21/h3-8,23H,1H2,2H3. The molecule has 0 aromatic heterocycles. The van der Waals surface area contributed by atoms with Crippen LogP contribution in [-0.4, -0.2) is 10.9 Å². The van der Waals surface area contributed by atoms with Gasteiger partial charge in [-0.2, -0.15) is 0 Å². The molecule has 0 aliphatic heterocycles. The van der Waals surface area contributed by atoms with E-state index in [1.165, 1.54) is 0 Å². The molecule has 0 saturated carbocycles. The van der Waals surface area contributed by atoms with Gasteiger partial charge in [0, 0.05) is 29.4 Å². The Morgan fingerprint density at radius 2 is 1.57 bits per heavy atom. The number of rotatable bonds is 0. The second-order valence-corrected chi connectivity index (χ2v) is 7.72. The molecule has 0 spiro atoms. The average Bonchev–Trinajstić information content (AvgIpc) is 2.50. The van der Waals surface area contributed by atoms with Crippen LogP contribution in [0.1, 0.15) is 34.0 Å². The molecule has 4 heteroatoms. The van der Waals surface area contributed by atoms with Crippen molar-refractivity contribution in [2.75, 3.05) is 0 Å². The summed E-state index contributed by atoms with van der Waals surface area (Å²) >= 11 is 4.25. The van der Waals surface area contributed by atoms with Crippen molar-refractivity contribution in [1.82, 2.24) is 0 Å². The second kappa shape index (κ2) is 6.04. The summed E-state index contributed by atoms with van der Waals surface area (Å²) in [4.78, 5) is 13.0. The molecule has 1 N–H and O–H groups in total. The zero-order valence-corrected chi connectivity index (χ0v) is 16.6. The largest absolute Gasteiger partial charge is 0.369 e. The Bertz CT molecular complexity index is 861. The Hall–Kier alpha value is -1.17. The molecule has 0 unspecified atom stereocenters. The number of fused-ring (bicyclic) bond motifs is 2. The third-order valence-corrected chi connectivity index (χ3v) is 5.52. The lowest BCUT2D eigenvalue weighted by molar-refractivity contribution is 0.0977. The van der Waals surface area contributed by atoms with Crippen molar-refractivity contribution >= 4 is 51.0 Å². The van der Waals surface area contributed by atoms with Gasteiger partial charge in [0.05, 0.1) is 0 Å². The minimum atomic E-state index is -1.51. The number of ketones is 1. The number of carbonyl (C=O) groups excluding carboxylic acids is 1. The summed E-state index contributed by atoms with van der Waals surface area (Å²) in [5.74, 6) is 5.75. The van der Waals surface area contributed by atoms with E-state index < -0.39 is 5.60 Å². The summed E-state index contributed by atoms with van der Waals surface area (Å²) in [6.45, 7) is 5.57. The van der Waals surface area contributed by atoms with Crippen LogP contribution in [0.15, 0.2) is 48.6 Å². The molecule has 2 nitrogen and oxygen atoms in total. The monoisotopic (exact) mass is 526 g/mol. The fourth-order valence-electron chi connectivity index (χ4n) is 2.71. The lowest BCUT2D eigenvalue weighted by atomic mass is 9.74. The number of aliphatic hydroxyl groups is 1. The van der Waals surface area contributed by atoms with Crippen LogP contribution < -0.4 is 0 Å². The van der Waals surface area contributed by atoms with Gasteiger partial charge >= 0.3 is 0 Å². The van der Waals surface area contributed by atoms with E-state index in [1.54, 1.807) is 19.1 Å². The summed E-state index contributed by atoms with van der Waals surface area (Å²) < 4.78 is 1.62. The van der Waals surface area contributed by atoms with Gasteiger partial charge in [0.15, 0.2) is 11.4 Å². The fraction of sp³-hybridized carbons (Fsp3) is 0.105. The maximum atomic E-state index is 13.0. The van der Waals surface area contributed by atoms with Gasteiger partial charge in [0.25, 0.3) is 0 Å². The Morgan fingerprint density at radius 1 is 1.09 bits per heavy atom. The first-order chi connectivity index (χ1) is 10.9. The summed E-state index contributed by atoms with van der Waals surface area (Å²) in [5.41, 5.74) is 1.29. The second-order valence-electron chi connectivity index (χ2n) is 5.39. The van der Waals surface area contributed by atoms with Gasteiger partial charge in [0.2, 0.25) is 0 Å². The van der Waals surface area contributed by atoms with Crippen molar-refractivity contribution in [2.24, 2.45) is 0 Å². The molecule has 0 radical (unpaired) electrons. The van der Waals surface area contributed by atoms with Gasteiger partial charge < -0.3 is 5.11 Å². The summed E-state index contributed by atoms with van der Waals surface area (Å²) in [6.07, 6.45) is 0. The minimum absolute atomic E-state index is 0.0631. The van der Waals surface area contributed by atoms with Crippen LogP contribution in [0.5, 0.6) is 0 Å². The molecular weight excluding hydrogens is 514 g/mol. The molecule has 0 heterocycles. The van der Waals surface area contributed by atoms with Crippen LogP contribution in [0, 0.1) is 19.0 Å². The van der Waals surface area contributed by atoms with Crippen LogP contribution >= 0.6 is 45.2 Å². The highest BCUT2D eigenvalue weighted by molar-refractivity contribution is 14.1. The maximum absolute atomic E-state index is 13.0. The lowest BCUT2D eigenvalue weighted by Crippen LogP contribution is -2.35. The minimum Gasteiger partial charge on any atom is -0.369 e. The number of allylic oxidation sites excluding steroid dienone is 1. The Balaban J connectivity index is 2.44. The quantitative estimate of drug-likeness (QED) is 0.412. The van der Waals surface area contributed by atoms with E-state index in [-0.39, 0.29) is 5.78 Å². The first-order valence-electron chi connectivity index (χ1n) is 6.90. The molecule has 1 aliphatic rings. The van der Waals surface area contributed by atoms with E-state index in [1.807, 2.05) is 24.3 Å². The van der Waals surface area contributed by atoms with Gasteiger partial charge in [-0.25, -0.2) is 0 Å². The first-order valence-corrected chi connectivity index (χ1v) is 9.05. The molecule has 0 fully saturated rings. The summed E-state index contributed by atoms with van der Waals surface area (Å²) in [6, 6.07) is 10.9. The summed E-state index contributed by atoms with van der Waals surface area (Å²) in [5, 5.41) is 11.4. The van der Waals surface area contributed by atoms with Crippen molar-refractivity contribution in [3.8, 4) is 11.8 Å². The summed E-state index contributed by atoms with van der Waals surface area (Å²) in [7, 11) is 0. The maximum Gasteiger partial charge on any atom is 0.196 e. The first kappa shape index (κ1) is 16.7. The smallest absolute Gasteiger partial charge is 0.196 e. The van der Waals surface area contributed by atoms with E-state index in [0.717, 1.165) is 7.14 Å². The third kappa shape index (κ3) is 2.65. The van der Waals surface area contributed by atoms with Crippen LogP contribution in [0.3, 0.4) is 0 Å². The number of benzene rings is 2. The Morgan fingerprint density at radius 3 is 2.00 bits per heavy atom. The van der Waals surface area contributed by atoms with Crippen LogP contribution in [0.4, 0.5) is 0 Å². The molecule has 0 atom stereocenters. The Kier molecular flexibility index (Phi) is 4.38. The predicted molar refractivity (Wildman–Crippen MR) is 107 cm³/mol. The molecule has 23 heavy (non-hydrogen) atoms. The van der Waals surface area contributed by atoms with Crippen molar-refractivity contribution in [3.05, 3.63) is 77.9 Å². The van der Waals surface area contributed by atoms with Gasteiger partial charge in [0.1, 0.15) is 0 Å². The van der Waals surface area contributed by atoms with Crippen molar-refractivity contribution < 1.29 is 9.90 Å². The van der Waals surface area contributed by atoms with Crippen molar-refractivity contribution in [3.63, 3.8) is 0 Å². The SMILES string of the molecule is C=C(C)C#CC1(O)c2cccc(I)c2C(=O)c2c(I)cccc21.